The molecule has 2 heteroatoms. The fraction of sp³-hybridized carbons (Fsp3) is 0.667. The Morgan fingerprint density at radius 3 is 2.15 bits per heavy atom. The summed E-state index contributed by atoms with van der Waals surface area (Å²) in [6.07, 6.45) is 2.04. The second-order valence-corrected chi connectivity index (χ2v) is 5.89. The fourth-order valence-corrected chi connectivity index (χ4v) is 2.57. The Morgan fingerprint density at radius 1 is 1.00 bits per heavy atom. The molecule has 0 aliphatic rings. The lowest BCUT2D eigenvalue weighted by atomic mass is 10.0. The number of nitrogens with zero attached hydrogens (tertiary/aromatic N) is 1. The number of aliphatic hydroxyl groups is 1. The van der Waals surface area contributed by atoms with Gasteiger partial charge in [-0.1, -0.05) is 51.8 Å². The SMILES string of the molecule is CCC(CC)CN(CC)CC(O)c1ccc(C)c(C)c1. The van der Waals surface area contributed by atoms with Crippen LogP contribution < -0.4 is 0 Å². The van der Waals surface area contributed by atoms with Crippen LogP contribution in [0.25, 0.3) is 0 Å². The van der Waals surface area contributed by atoms with Gasteiger partial charge < -0.3 is 10.0 Å². The van der Waals surface area contributed by atoms with Gasteiger partial charge in [-0.15, -0.1) is 0 Å². The van der Waals surface area contributed by atoms with Crippen LogP contribution in [0.3, 0.4) is 0 Å². The van der Waals surface area contributed by atoms with Crippen molar-refractivity contribution < 1.29 is 5.11 Å². The van der Waals surface area contributed by atoms with E-state index in [1.54, 1.807) is 0 Å². The summed E-state index contributed by atoms with van der Waals surface area (Å²) in [5.74, 6) is 0.738. The Labute approximate surface area is 124 Å². The van der Waals surface area contributed by atoms with E-state index in [9.17, 15) is 5.11 Å². The van der Waals surface area contributed by atoms with E-state index in [4.69, 9.17) is 0 Å². The van der Waals surface area contributed by atoms with Crippen molar-refractivity contribution in [1.82, 2.24) is 4.90 Å². The molecule has 0 spiro atoms. The van der Waals surface area contributed by atoms with E-state index in [2.05, 4.69) is 57.7 Å². The third-order valence-electron chi connectivity index (χ3n) is 4.47. The Morgan fingerprint density at radius 2 is 1.65 bits per heavy atom. The number of hydrogen-bond acceptors (Lipinski definition) is 2. The predicted octanol–water partition coefficient (Wildman–Crippen LogP) is 4.09. The number of likely N-dealkylation sites (N-methyl/N-ethyl adjacent to an activating group) is 1. The summed E-state index contributed by atoms with van der Waals surface area (Å²) < 4.78 is 0. The molecule has 1 aromatic carbocycles. The van der Waals surface area contributed by atoms with Crippen LogP contribution in [0, 0.1) is 19.8 Å². The zero-order chi connectivity index (χ0) is 15.1. The summed E-state index contributed by atoms with van der Waals surface area (Å²) >= 11 is 0. The van der Waals surface area contributed by atoms with Crippen LogP contribution >= 0.6 is 0 Å². The van der Waals surface area contributed by atoms with Crippen LogP contribution in [0.4, 0.5) is 0 Å². The predicted molar refractivity (Wildman–Crippen MR) is 87.1 cm³/mol. The summed E-state index contributed by atoms with van der Waals surface area (Å²) in [6, 6.07) is 6.27. The van der Waals surface area contributed by atoms with Gasteiger partial charge in [0.2, 0.25) is 0 Å². The van der Waals surface area contributed by atoms with Gasteiger partial charge in [-0.25, -0.2) is 0 Å². The maximum absolute atomic E-state index is 10.5. The van der Waals surface area contributed by atoms with Crippen LogP contribution in [0.5, 0.6) is 0 Å². The standard InChI is InChI=1S/C18H31NO/c1-6-16(7-2)12-19(8-3)13-18(20)17-10-9-14(4)15(5)11-17/h9-11,16,18,20H,6-8,12-13H2,1-5H3. The summed E-state index contributed by atoms with van der Waals surface area (Å²) in [5.41, 5.74) is 3.58. The Kier molecular flexibility index (Phi) is 7.25. The molecule has 0 amide bonds. The van der Waals surface area contributed by atoms with Gasteiger partial charge >= 0.3 is 0 Å². The fourth-order valence-electron chi connectivity index (χ4n) is 2.57. The first-order valence-corrected chi connectivity index (χ1v) is 7.99. The van der Waals surface area contributed by atoms with Gasteiger partial charge in [0.25, 0.3) is 0 Å². The van der Waals surface area contributed by atoms with Crippen molar-refractivity contribution in [2.75, 3.05) is 19.6 Å². The number of aliphatic hydroxyl groups excluding tert-OH is 1. The molecule has 0 saturated heterocycles. The van der Waals surface area contributed by atoms with Crippen LogP contribution in [0.2, 0.25) is 0 Å². The molecule has 20 heavy (non-hydrogen) atoms. The molecule has 2 nitrogen and oxygen atoms in total. The van der Waals surface area contributed by atoms with E-state index < -0.39 is 0 Å². The summed E-state index contributed by atoms with van der Waals surface area (Å²) in [4.78, 5) is 2.37. The van der Waals surface area contributed by atoms with E-state index in [0.717, 1.165) is 31.1 Å². The highest BCUT2D eigenvalue weighted by atomic mass is 16.3. The average molecular weight is 277 g/mol. The lowest BCUT2D eigenvalue weighted by Gasteiger charge is -2.27. The summed E-state index contributed by atoms with van der Waals surface area (Å²) in [7, 11) is 0. The first-order chi connectivity index (χ1) is 9.51. The van der Waals surface area contributed by atoms with Gasteiger partial charge in [0, 0.05) is 13.1 Å². The quantitative estimate of drug-likeness (QED) is 0.773. The summed E-state index contributed by atoms with van der Waals surface area (Å²) in [6.45, 7) is 13.7. The average Bonchev–Trinajstić information content (AvgIpc) is 2.46. The van der Waals surface area contributed by atoms with E-state index in [1.165, 1.54) is 24.0 Å². The third kappa shape index (κ3) is 4.92. The highest BCUT2D eigenvalue weighted by Crippen LogP contribution is 2.19. The molecule has 0 aliphatic heterocycles. The molecular formula is C18H31NO. The normalized spacial score (nSPS) is 13.2. The van der Waals surface area contributed by atoms with Gasteiger partial charge in [-0.2, -0.15) is 0 Å². The zero-order valence-electron chi connectivity index (χ0n) is 13.8. The highest BCUT2D eigenvalue weighted by molar-refractivity contribution is 5.31. The number of aryl methyl sites for hydroxylation is 2. The van der Waals surface area contributed by atoms with Gasteiger partial charge in [-0.3, -0.25) is 0 Å². The molecule has 1 unspecified atom stereocenters. The van der Waals surface area contributed by atoms with E-state index in [0.29, 0.717) is 0 Å². The highest BCUT2D eigenvalue weighted by Gasteiger charge is 2.15. The van der Waals surface area contributed by atoms with Crippen LogP contribution in [-0.4, -0.2) is 29.6 Å². The number of rotatable bonds is 8. The monoisotopic (exact) mass is 277 g/mol. The molecule has 0 radical (unpaired) electrons. The lowest BCUT2D eigenvalue weighted by molar-refractivity contribution is 0.105. The largest absolute Gasteiger partial charge is 0.387 e. The molecule has 0 saturated carbocycles. The van der Waals surface area contributed by atoms with Crippen molar-refractivity contribution in [3.63, 3.8) is 0 Å². The molecule has 0 aliphatic carbocycles. The molecule has 1 rings (SSSR count). The molecular weight excluding hydrogens is 246 g/mol. The maximum Gasteiger partial charge on any atom is 0.0917 e. The van der Waals surface area contributed by atoms with Crippen molar-refractivity contribution in [2.45, 2.75) is 53.6 Å². The molecule has 0 aromatic heterocycles. The van der Waals surface area contributed by atoms with Crippen molar-refractivity contribution in [3.8, 4) is 0 Å². The smallest absolute Gasteiger partial charge is 0.0917 e. The second kappa shape index (κ2) is 8.43. The molecule has 1 atom stereocenters. The van der Waals surface area contributed by atoms with Crippen LogP contribution in [0.1, 0.15) is 56.4 Å². The Balaban J connectivity index is 2.66. The second-order valence-electron chi connectivity index (χ2n) is 5.89. The van der Waals surface area contributed by atoms with Gasteiger partial charge in [-0.05, 0) is 43.0 Å². The molecule has 114 valence electrons. The van der Waals surface area contributed by atoms with Crippen molar-refractivity contribution in [1.29, 1.82) is 0 Å². The Hall–Kier alpha value is -0.860. The lowest BCUT2D eigenvalue weighted by Crippen LogP contribution is -2.33. The maximum atomic E-state index is 10.5. The van der Waals surface area contributed by atoms with Gasteiger partial charge in [0.1, 0.15) is 0 Å². The van der Waals surface area contributed by atoms with Gasteiger partial charge in [0.15, 0.2) is 0 Å². The van der Waals surface area contributed by atoms with E-state index in [-0.39, 0.29) is 6.10 Å². The topological polar surface area (TPSA) is 23.5 Å². The molecule has 1 aromatic rings. The number of hydrogen-bond donors (Lipinski definition) is 1. The molecule has 0 bridgehead atoms. The van der Waals surface area contributed by atoms with E-state index in [1.807, 2.05) is 0 Å². The van der Waals surface area contributed by atoms with Crippen molar-refractivity contribution in [3.05, 3.63) is 34.9 Å². The zero-order valence-corrected chi connectivity index (χ0v) is 13.8. The minimum atomic E-state index is -0.386. The third-order valence-corrected chi connectivity index (χ3v) is 4.47. The molecule has 0 heterocycles. The Bertz CT molecular complexity index is 398. The number of benzene rings is 1. The van der Waals surface area contributed by atoms with Crippen LogP contribution in [-0.2, 0) is 0 Å². The summed E-state index contributed by atoms with van der Waals surface area (Å²) in [5, 5.41) is 10.5. The first-order valence-electron chi connectivity index (χ1n) is 7.99. The first kappa shape index (κ1) is 17.2. The van der Waals surface area contributed by atoms with Gasteiger partial charge in [0.05, 0.1) is 6.10 Å². The van der Waals surface area contributed by atoms with Crippen molar-refractivity contribution >= 4 is 0 Å². The van der Waals surface area contributed by atoms with Crippen molar-refractivity contribution in [2.24, 2.45) is 5.92 Å². The molecule has 0 fully saturated rings. The van der Waals surface area contributed by atoms with Crippen LogP contribution in [0.15, 0.2) is 18.2 Å². The van der Waals surface area contributed by atoms with E-state index >= 15 is 0 Å². The molecule has 1 N–H and O–H groups in total. The minimum absolute atomic E-state index is 0.386. The minimum Gasteiger partial charge on any atom is -0.387 e.